The van der Waals surface area contributed by atoms with E-state index in [9.17, 15) is 9.59 Å². The van der Waals surface area contributed by atoms with Crippen molar-refractivity contribution in [2.24, 2.45) is 5.92 Å². The Morgan fingerprint density at radius 3 is 2.54 bits per heavy atom. The molecule has 1 fully saturated rings. The predicted molar refractivity (Wildman–Crippen MR) is 95.6 cm³/mol. The van der Waals surface area contributed by atoms with E-state index in [4.69, 9.17) is 0 Å². The summed E-state index contributed by atoms with van der Waals surface area (Å²) in [4.78, 5) is 26.7. The molecule has 5 nitrogen and oxygen atoms in total. The second-order valence-electron chi connectivity index (χ2n) is 6.33. The molecule has 1 aromatic carbocycles. The van der Waals surface area contributed by atoms with E-state index >= 15 is 0 Å². The van der Waals surface area contributed by atoms with Crippen LogP contribution in [0.15, 0.2) is 30.3 Å². The van der Waals surface area contributed by atoms with Crippen LogP contribution < -0.4 is 10.6 Å². The van der Waals surface area contributed by atoms with E-state index in [-0.39, 0.29) is 23.9 Å². The quantitative estimate of drug-likeness (QED) is 0.787. The van der Waals surface area contributed by atoms with E-state index in [0.717, 1.165) is 31.2 Å². The van der Waals surface area contributed by atoms with E-state index in [0.29, 0.717) is 19.6 Å². The SMILES string of the molecule is CCCCNC(=O)N1C[C@@H](C(=O)NCC)CC[C@@H]1c1ccccc1. The number of carbonyl (C=O) groups excluding carboxylic acids is 2. The standard InChI is InChI=1S/C19H29N3O2/c1-3-5-13-21-19(24)22-14-16(18(23)20-4-2)11-12-17(22)15-9-7-6-8-10-15/h6-10,16-17H,3-5,11-14H2,1-2H3,(H,20,23)(H,21,24)/t16-,17+/m0/s1. The average Bonchev–Trinajstić information content (AvgIpc) is 2.62. The van der Waals surface area contributed by atoms with Crippen LogP contribution in [0.2, 0.25) is 0 Å². The largest absolute Gasteiger partial charge is 0.356 e. The number of hydrogen-bond acceptors (Lipinski definition) is 2. The van der Waals surface area contributed by atoms with Crippen molar-refractivity contribution in [1.29, 1.82) is 0 Å². The minimum absolute atomic E-state index is 0.0403. The van der Waals surface area contributed by atoms with Crippen LogP contribution in [0.5, 0.6) is 0 Å². The Balaban J connectivity index is 2.11. The third-order valence-corrected chi connectivity index (χ3v) is 4.56. The maximum atomic E-state index is 12.7. The fourth-order valence-electron chi connectivity index (χ4n) is 3.22. The molecule has 1 saturated heterocycles. The van der Waals surface area contributed by atoms with Crippen LogP contribution in [0, 0.1) is 5.92 Å². The molecule has 0 aromatic heterocycles. The minimum atomic E-state index is -0.123. The number of hydrogen-bond donors (Lipinski definition) is 2. The van der Waals surface area contributed by atoms with Crippen molar-refractivity contribution in [3.63, 3.8) is 0 Å². The molecule has 0 aliphatic carbocycles. The number of amides is 3. The lowest BCUT2D eigenvalue weighted by molar-refractivity contribution is -0.126. The van der Waals surface area contributed by atoms with Gasteiger partial charge in [-0.1, -0.05) is 43.7 Å². The summed E-state index contributed by atoms with van der Waals surface area (Å²) in [6.45, 7) is 5.80. The van der Waals surface area contributed by atoms with Crippen molar-refractivity contribution < 1.29 is 9.59 Å². The molecule has 1 aliphatic rings. The number of piperidine rings is 1. The summed E-state index contributed by atoms with van der Waals surface area (Å²) >= 11 is 0. The molecule has 3 amide bonds. The zero-order valence-electron chi connectivity index (χ0n) is 14.8. The molecule has 1 aliphatic heterocycles. The molecule has 24 heavy (non-hydrogen) atoms. The molecule has 0 spiro atoms. The molecule has 132 valence electrons. The van der Waals surface area contributed by atoms with Crippen molar-refractivity contribution in [2.75, 3.05) is 19.6 Å². The molecular formula is C19H29N3O2. The molecule has 1 aromatic rings. The Kier molecular flexibility index (Phi) is 7.09. The van der Waals surface area contributed by atoms with Gasteiger partial charge in [0.15, 0.2) is 0 Å². The molecule has 5 heteroatoms. The van der Waals surface area contributed by atoms with Gasteiger partial charge < -0.3 is 15.5 Å². The van der Waals surface area contributed by atoms with Gasteiger partial charge in [-0.3, -0.25) is 4.79 Å². The van der Waals surface area contributed by atoms with Crippen LogP contribution >= 0.6 is 0 Å². The lowest BCUT2D eigenvalue weighted by Crippen LogP contribution is -2.50. The first kappa shape index (κ1) is 18.3. The number of unbranched alkanes of at least 4 members (excludes halogenated alkanes) is 1. The monoisotopic (exact) mass is 331 g/mol. The first-order chi connectivity index (χ1) is 11.7. The first-order valence-corrected chi connectivity index (χ1v) is 9.04. The second kappa shape index (κ2) is 9.30. The van der Waals surface area contributed by atoms with Gasteiger partial charge in [0, 0.05) is 19.6 Å². The van der Waals surface area contributed by atoms with E-state index in [1.165, 1.54) is 0 Å². The number of benzene rings is 1. The topological polar surface area (TPSA) is 61.4 Å². The molecule has 0 bridgehead atoms. The van der Waals surface area contributed by atoms with E-state index in [2.05, 4.69) is 29.7 Å². The van der Waals surface area contributed by atoms with Gasteiger partial charge >= 0.3 is 6.03 Å². The van der Waals surface area contributed by atoms with Gasteiger partial charge in [0.05, 0.1) is 12.0 Å². The molecule has 2 rings (SSSR count). The Morgan fingerprint density at radius 2 is 1.88 bits per heavy atom. The maximum Gasteiger partial charge on any atom is 0.317 e. The fourth-order valence-corrected chi connectivity index (χ4v) is 3.22. The molecule has 0 radical (unpaired) electrons. The van der Waals surface area contributed by atoms with Crippen molar-refractivity contribution >= 4 is 11.9 Å². The Morgan fingerprint density at radius 1 is 1.12 bits per heavy atom. The summed E-state index contributed by atoms with van der Waals surface area (Å²) in [5.74, 6) is -0.0720. The second-order valence-corrected chi connectivity index (χ2v) is 6.33. The third kappa shape index (κ3) is 4.73. The lowest BCUT2D eigenvalue weighted by atomic mass is 9.88. The average molecular weight is 331 g/mol. The van der Waals surface area contributed by atoms with Gasteiger partial charge in [-0.05, 0) is 31.7 Å². The number of likely N-dealkylation sites (tertiary alicyclic amines) is 1. The van der Waals surface area contributed by atoms with Crippen LogP contribution in [0.4, 0.5) is 4.79 Å². The van der Waals surface area contributed by atoms with Crippen LogP contribution in [-0.2, 0) is 4.79 Å². The summed E-state index contributed by atoms with van der Waals surface area (Å²) in [6, 6.07) is 10.1. The Hall–Kier alpha value is -2.04. The molecule has 1 heterocycles. The Bertz CT molecular complexity index is 533. The molecule has 0 unspecified atom stereocenters. The number of rotatable bonds is 6. The lowest BCUT2D eigenvalue weighted by Gasteiger charge is -2.39. The van der Waals surface area contributed by atoms with E-state index in [1.54, 1.807) is 0 Å². The molecule has 0 saturated carbocycles. The van der Waals surface area contributed by atoms with Gasteiger partial charge in [-0.25, -0.2) is 4.79 Å². The van der Waals surface area contributed by atoms with Gasteiger partial charge in [0.1, 0.15) is 0 Å². The van der Waals surface area contributed by atoms with Crippen LogP contribution in [0.25, 0.3) is 0 Å². The van der Waals surface area contributed by atoms with E-state index in [1.807, 2.05) is 30.0 Å². The van der Waals surface area contributed by atoms with Gasteiger partial charge in [0.2, 0.25) is 5.91 Å². The van der Waals surface area contributed by atoms with Crippen molar-refractivity contribution in [2.45, 2.75) is 45.6 Å². The highest BCUT2D eigenvalue weighted by Gasteiger charge is 2.35. The smallest absolute Gasteiger partial charge is 0.317 e. The number of carbonyl (C=O) groups is 2. The van der Waals surface area contributed by atoms with Crippen LogP contribution in [0.3, 0.4) is 0 Å². The van der Waals surface area contributed by atoms with Crippen molar-refractivity contribution in [1.82, 2.24) is 15.5 Å². The summed E-state index contributed by atoms with van der Waals surface area (Å²) in [7, 11) is 0. The summed E-state index contributed by atoms with van der Waals surface area (Å²) in [5.41, 5.74) is 1.14. The highest BCUT2D eigenvalue weighted by atomic mass is 16.2. The van der Waals surface area contributed by atoms with Crippen LogP contribution in [0.1, 0.15) is 51.1 Å². The normalized spacial score (nSPS) is 20.5. The fraction of sp³-hybridized carbons (Fsp3) is 0.579. The summed E-state index contributed by atoms with van der Waals surface area (Å²) in [6.07, 6.45) is 3.64. The minimum Gasteiger partial charge on any atom is -0.356 e. The van der Waals surface area contributed by atoms with Gasteiger partial charge in [-0.15, -0.1) is 0 Å². The first-order valence-electron chi connectivity index (χ1n) is 9.04. The highest BCUT2D eigenvalue weighted by molar-refractivity contribution is 5.81. The predicted octanol–water partition coefficient (Wildman–Crippen LogP) is 3.09. The highest BCUT2D eigenvalue weighted by Crippen LogP contribution is 2.33. The summed E-state index contributed by atoms with van der Waals surface area (Å²) < 4.78 is 0. The Labute approximate surface area is 144 Å². The van der Waals surface area contributed by atoms with E-state index < -0.39 is 0 Å². The number of urea groups is 1. The summed E-state index contributed by atoms with van der Waals surface area (Å²) in [5, 5.41) is 5.88. The van der Waals surface area contributed by atoms with Gasteiger partial charge in [-0.2, -0.15) is 0 Å². The molecular weight excluding hydrogens is 302 g/mol. The third-order valence-electron chi connectivity index (χ3n) is 4.56. The number of nitrogens with zero attached hydrogens (tertiary/aromatic N) is 1. The number of nitrogens with one attached hydrogen (secondary N) is 2. The van der Waals surface area contributed by atoms with Crippen LogP contribution in [-0.4, -0.2) is 36.5 Å². The molecule has 2 atom stereocenters. The van der Waals surface area contributed by atoms with Crippen molar-refractivity contribution in [3.8, 4) is 0 Å². The zero-order valence-corrected chi connectivity index (χ0v) is 14.8. The molecule has 2 N–H and O–H groups in total. The zero-order chi connectivity index (χ0) is 17.4. The van der Waals surface area contributed by atoms with Crippen molar-refractivity contribution in [3.05, 3.63) is 35.9 Å². The van der Waals surface area contributed by atoms with Gasteiger partial charge in [0.25, 0.3) is 0 Å². The maximum absolute atomic E-state index is 12.7.